The summed E-state index contributed by atoms with van der Waals surface area (Å²) in [7, 11) is 0. The van der Waals surface area contributed by atoms with E-state index in [2.05, 4.69) is 10.1 Å². The Balaban J connectivity index is 2.29. The van der Waals surface area contributed by atoms with Gasteiger partial charge in [0.25, 0.3) is 0 Å². The Hall–Kier alpha value is -2.19. The fourth-order valence-corrected chi connectivity index (χ4v) is 2.94. The molecule has 1 aromatic carbocycles. The smallest absolute Gasteiger partial charge is 0.359 e. The van der Waals surface area contributed by atoms with Crippen LogP contribution in [0.3, 0.4) is 0 Å². The number of esters is 1. The molecule has 0 radical (unpaired) electrons. The number of carbonyl (C=O) groups excluding carboxylic acids is 1. The van der Waals surface area contributed by atoms with Crippen LogP contribution in [-0.4, -0.2) is 28.0 Å². The van der Waals surface area contributed by atoms with Gasteiger partial charge in [0.15, 0.2) is 11.6 Å². The zero-order chi connectivity index (χ0) is 18.6. The Morgan fingerprint density at radius 1 is 1.48 bits per heavy atom. The van der Waals surface area contributed by atoms with Crippen molar-refractivity contribution in [1.29, 1.82) is 0 Å². The third kappa shape index (κ3) is 4.67. The summed E-state index contributed by atoms with van der Waals surface area (Å²) in [6.07, 6.45) is -1.21. The molecule has 0 fully saturated rings. The lowest BCUT2D eigenvalue weighted by Gasteiger charge is -2.18. The number of hydrogen-bond donors (Lipinski definition) is 1. The summed E-state index contributed by atoms with van der Waals surface area (Å²) >= 11 is 6.90. The molecule has 0 aliphatic heterocycles. The highest BCUT2D eigenvalue weighted by molar-refractivity contribution is 7.13. The van der Waals surface area contributed by atoms with Gasteiger partial charge in [-0.25, -0.2) is 14.2 Å². The second-order valence-electron chi connectivity index (χ2n) is 5.04. The Labute approximate surface area is 152 Å². The Bertz CT molecular complexity index is 809. The zero-order valence-corrected chi connectivity index (χ0v) is 15.3. The first-order valence-corrected chi connectivity index (χ1v) is 8.53. The average Bonchev–Trinajstić information content (AvgIpc) is 2.86. The van der Waals surface area contributed by atoms with Gasteiger partial charge in [-0.3, -0.25) is 0 Å². The second kappa shape index (κ2) is 8.26. The van der Waals surface area contributed by atoms with Crippen molar-refractivity contribution in [2.45, 2.75) is 33.3 Å². The van der Waals surface area contributed by atoms with Crippen LogP contribution < -0.4 is 9.47 Å². The number of halogens is 2. The molecule has 2 aromatic rings. The van der Waals surface area contributed by atoms with Gasteiger partial charge in [0.1, 0.15) is 5.71 Å². The van der Waals surface area contributed by atoms with Gasteiger partial charge in [-0.1, -0.05) is 35.0 Å². The molecule has 0 amide bonds. The van der Waals surface area contributed by atoms with Crippen molar-refractivity contribution < 1.29 is 23.9 Å². The van der Waals surface area contributed by atoms with Crippen LogP contribution in [0.2, 0.25) is 5.02 Å². The van der Waals surface area contributed by atoms with E-state index in [9.17, 15) is 9.18 Å². The minimum Gasteiger partial charge on any atom is -0.469 e. The van der Waals surface area contributed by atoms with E-state index in [1.165, 1.54) is 23.5 Å². The first-order valence-electron chi connectivity index (χ1n) is 7.34. The number of hydrogen-bond acceptors (Lipinski definition) is 7. The molecule has 0 aliphatic carbocycles. The number of thiazole rings is 1. The van der Waals surface area contributed by atoms with Crippen LogP contribution in [0.1, 0.15) is 24.0 Å². The molecule has 9 heteroatoms. The lowest BCUT2D eigenvalue weighted by atomic mass is 10.1. The molecule has 1 aromatic heterocycles. The summed E-state index contributed by atoms with van der Waals surface area (Å²) in [5.41, 5.74) is 0.546. The molecule has 1 unspecified atom stereocenters. The minimum absolute atomic E-state index is 0.00163. The first kappa shape index (κ1) is 19.1. The first-order chi connectivity index (χ1) is 11.8. The third-order valence-electron chi connectivity index (χ3n) is 3.20. The number of aromatic nitrogens is 1. The lowest BCUT2D eigenvalue weighted by Crippen LogP contribution is -2.39. The van der Waals surface area contributed by atoms with E-state index in [0.717, 1.165) is 11.1 Å². The van der Waals surface area contributed by atoms with Gasteiger partial charge < -0.3 is 14.7 Å². The summed E-state index contributed by atoms with van der Waals surface area (Å²) in [5, 5.41) is 13.4. The van der Waals surface area contributed by atoms with E-state index in [4.69, 9.17) is 26.3 Å². The van der Waals surface area contributed by atoms with Crippen LogP contribution in [0.4, 0.5) is 4.39 Å². The molecule has 1 N–H and O–H groups in total. The van der Waals surface area contributed by atoms with Crippen LogP contribution in [0.25, 0.3) is 0 Å². The fraction of sp³-hybridized carbons (Fsp3) is 0.312. The molecule has 0 saturated carbocycles. The second-order valence-corrected chi connectivity index (χ2v) is 6.65. The van der Waals surface area contributed by atoms with Crippen molar-refractivity contribution in [1.82, 2.24) is 4.98 Å². The number of oxime groups is 1. The van der Waals surface area contributed by atoms with E-state index < -0.39 is 17.9 Å². The van der Waals surface area contributed by atoms with E-state index >= 15 is 0 Å². The van der Waals surface area contributed by atoms with Gasteiger partial charge in [-0.05, 0) is 38.5 Å². The number of rotatable bonds is 6. The van der Waals surface area contributed by atoms with E-state index in [1.54, 1.807) is 20.8 Å². The summed E-state index contributed by atoms with van der Waals surface area (Å²) in [6.45, 7) is 5.14. The molecule has 0 aliphatic rings. The number of ether oxygens (including phenoxy) is 2. The van der Waals surface area contributed by atoms with Gasteiger partial charge in [0.2, 0.25) is 11.2 Å². The zero-order valence-electron chi connectivity index (χ0n) is 13.7. The van der Waals surface area contributed by atoms with Gasteiger partial charge in [-0.2, -0.15) is 0 Å². The molecule has 0 bridgehead atoms. The molecule has 0 saturated heterocycles. The highest BCUT2D eigenvalue weighted by Gasteiger charge is 2.30. The third-order valence-corrected chi connectivity index (χ3v) is 4.39. The van der Waals surface area contributed by atoms with Crippen molar-refractivity contribution in [3.8, 4) is 10.8 Å². The average molecular weight is 387 g/mol. The van der Waals surface area contributed by atoms with Crippen molar-refractivity contribution in [3.63, 3.8) is 0 Å². The summed E-state index contributed by atoms with van der Waals surface area (Å²) < 4.78 is 24.7. The quantitative estimate of drug-likeness (QED) is 0.349. The number of carbonyl (C=O) groups is 1. The highest BCUT2D eigenvalue weighted by atomic mass is 35.5. The normalized spacial score (nSPS) is 12.8. The van der Waals surface area contributed by atoms with Crippen molar-refractivity contribution >= 4 is 34.6 Å². The maximum atomic E-state index is 14.0. The van der Waals surface area contributed by atoms with Crippen LogP contribution in [0, 0.1) is 19.7 Å². The van der Waals surface area contributed by atoms with Gasteiger partial charge >= 0.3 is 5.97 Å². The molecule has 6 nitrogen and oxygen atoms in total. The largest absolute Gasteiger partial charge is 0.469 e. The topological polar surface area (TPSA) is 81.0 Å². The molecule has 1 atom stereocenters. The van der Waals surface area contributed by atoms with E-state index in [1.807, 2.05) is 0 Å². The Morgan fingerprint density at radius 3 is 2.72 bits per heavy atom. The fourth-order valence-electron chi connectivity index (χ4n) is 2.01. The van der Waals surface area contributed by atoms with Crippen LogP contribution >= 0.6 is 22.9 Å². The molecule has 134 valence electrons. The van der Waals surface area contributed by atoms with Gasteiger partial charge in [-0.15, -0.1) is 0 Å². The van der Waals surface area contributed by atoms with E-state index in [0.29, 0.717) is 10.8 Å². The molecular weight excluding hydrogens is 371 g/mol. The van der Waals surface area contributed by atoms with Crippen LogP contribution in [0.5, 0.6) is 10.8 Å². The van der Waals surface area contributed by atoms with Crippen LogP contribution in [-0.2, 0) is 4.79 Å². The van der Waals surface area contributed by atoms with Gasteiger partial charge in [0, 0.05) is 5.02 Å². The Morgan fingerprint density at radius 2 is 2.20 bits per heavy atom. The van der Waals surface area contributed by atoms with Crippen molar-refractivity contribution in [2.24, 2.45) is 5.16 Å². The SMILES string of the molecule is CCC(=NO)C(Oc1ccc(Cl)cc1F)C(=O)Oc1sc(C)nc1C. The van der Waals surface area contributed by atoms with Gasteiger partial charge in [0.05, 0.1) is 10.7 Å². The lowest BCUT2D eigenvalue weighted by molar-refractivity contribution is -0.139. The summed E-state index contributed by atoms with van der Waals surface area (Å²) in [4.78, 5) is 16.7. The van der Waals surface area contributed by atoms with Crippen LogP contribution in [0.15, 0.2) is 23.4 Å². The minimum atomic E-state index is -1.41. The monoisotopic (exact) mass is 386 g/mol. The van der Waals surface area contributed by atoms with Crippen molar-refractivity contribution in [3.05, 3.63) is 39.7 Å². The maximum absolute atomic E-state index is 14.0. The predicted molar refractivity (Wildman–Crippen MR) is 92.6 cm³/mol. The highest BCUT2D eigenvalue weighted by Crippen LogP contribution is 2.28. The number of benzene rings is 1. The molecule has 1 heterocycles. The molecule has 0 spiro atoms. The predicted octanol–water partition coefficient (Wildman–Crippen LogP) is 4.15. The molecule has 2 rings (SSSR count). The summed E-state index contributed by atoms with van der Waals surface area (Å²) in [6, 6.07) is 3.75. The summed E-state index contributed by atoms with van der Waals surface area (Å²) in [5.74, 6) is -1.79. The number of nitrogens with zero attached hydrogens (tertiary/aromatic N) is 2. The number of aryl methyl sites for hydroxylation is 2. The molecular formula is C16H16ClFN2O4S. The Kier molecular flexibility index (Phi) is 6.33. The van der Waals surface area contributed by atoms with E-state index in [-0.39, 0.29) is 22.9 Å². The standard InChI is InChI=1S/C16H16ClFN2O4S/c1-4-12(20-22)14(23-13-6-5-10(17)7-11(13)18)15(21)24-16-8(2)19-9(3)25-16/h5-7,14,22H,4H2,1-3H3. The van der Waals surface area contributed by atoms with Crippen molar-refractivity contribution in [2.75, 3.05) is 0 Å². The maximum Gasteiger partial charge on any atom is 0.359 e. The molecule has 25 heavy (non-hydrogen) atoms.